The van der Waals surface area contributed by atoms with Crippen LogP contribution < -0.4 is 0 Å². The van der Waals surface area contributed by atoms with Gasteiger partial charge in [-0.1, -0.05) is 24.6 Å². The first-order chi connectivity index (χ1) is 10.8. The number of rotatable bonds is 5. The number of fused-ring (bicyclic) bond motifs is 1. The zero-order valence-corrected chi connectivity index (χ0v) is 13.5. The molecular weight excluding hydrogens is 272 g/mol. The van der Waals surface area contributed by atoms with Crippen LogP contribution in [0, 0.1) is 6.92 Å². The third-order valence-corrected chi connectivity index (χ3v) is 4.88. The number of hydrogen-bond acceptors (Lipinski definition) is 3. The van der Waals surface area contributed by atoms with Gasteiger partial charge in [0.1, 0.15) is 0 Å². The van der Waals surface area contributed by atoms with Crippen molar-refractivity contribution in [3.05, 3.63) is 41.6 Å². The van der Waals surface area contributed by atoms with Gasteiger partial charge in [0, 0.05) is 30.8 Å². The molecule has 1 fully saturated rings. The molecule has 3 rings (SSSR count). The van der Waals surface area contributed by atoms with Crippen LogP contribution in [0.3, 0.4) is 0 Å². The summed E-state index contributed by atoms with van der Waals surface area (Å²) in [4.78, 5) is 7.16. The van der Waals surface area contributed by atoms with Gasteiger partial charge in [-0.3, -0.25) is 9.88 Å². The first-order valence-corrected chi connectivity index (χ1v) is 8.47. The van der Waals surface area contributed by atoms with Crippen molar-refractivity contribution >= 4 is 10.9 Å². The van der Waals surface area contributed by atoms with Gasteiger partial charge in [0.25, 0.3) is 0 Å². The fraction of sp³-hybridized carbons (Fsp3) is 0.526. The second-order valence-electron chi connectivity index (χ2n) is 6.43. The number of aliphatic hydroxyl groups excluding tert-OH is 1. The number of aryl methyl sites for hydroxylation is 1. The van der Waals surface area contributed by atoms with Crippen LogP contribution in [0.1, 0.15) is 43.2 Å². The Hall–Kier alpha value is -1.45. The first-order valence-electron chi connectivity index (χ1n) is 8.47. The van der Waals surface area contributed by atoms with Crippen molar-refractivity contribution in [2.75, 3.05) is 13.2 Å². The van der Waals surface area contributed by atoms with Gasteiger partial charge in [-0.2, -0.15) is 0 Å². The van der Waals surface area contributed by atoms with Crippen LogP contribution >= 0.6 is 0 Å². The highest BCUT2D eigenvalue weighted by Crippen LogP contribution is 2.26. The smallest absolute Gasteiger partial charge is 0.0734 e. The Balaban J connectivity index is 1.83. The second-order valence-corrected chi connectivity index (χ2v) is 6.43. The predicted octanol–water partition coefficient (Wildman–Crippen LogP) is 3.67. The number of hydrogen-bond donors (Lipinski definition) is 1. The summed E-state index contributed by atoms with van der Waals surface area (Å²) < 4.78 is 0. The maximum Gasteiger partial charge on any atom is 0.0734 e. The van der Waals surface area contributed by atoms with Gasteiger partial charge in [-0.05, 0) is 56.3 Å². The van der Waals surface area contributed by atoms with E-state index in [9.17, 15) is 0 Å². The summed E-state index contributed by atoms with van der Waals surface area (Å²) in [7, 11) is 0. The largest absolute Gasteiger partial charge is 0.396 e. The van der Waals surface area contributed by atoms with Gasteiger partial charge in [-0.15, -0.1) is 0 Å². The van der Waals surface area contributed by atoms with E-state index in [0.29, 0.717) is 12.6 Å². The molecule has 1 aromatic carbocycles. The van der Waals surface area contributed by atoms with Crippen LogP contribution in [0.2, 0.25) is 0 Å². The highest BCUT2D eigenvalue weighted by atomic mass is 16.2. The Bertz CT molecular complexity index is 626. The molecule has 3 nitrogen and oxygen atoms in total. The fourth-order valence-corrected chi connectivity index (χ4v) is 3.65. The number of aliphatic hydroxyl groups is 1. The van der Waals surface area contributed by atoms with Gasteiger partial charge in [0.2, 0.25) is 0 Å². The van der Waals surface area contributed by atoms with Crippen molar-refractivity contribution in [3.63, 3.8) is 0 Å². The molecule has 1 aliphatic heterocycles. The summed E-state index contributed by atoms with van der Waals surface area (Å²) in [5.74, 6) is 0. The molecule has 0 bridgehead atoms. The zero-order valence-electron chi connectivity index (χ0n) is 13.5. The van der Waals surface area contributed by atoms with Gasteiger partial charge in [-0.25, -0.2) is 0 Å². The van der Waals surface area contributed by atoms with E-state index < -0.39 is 0 Å². The zero-order chi connectivity index (χ0) is 15.4. The molecule has 0 aliphatic carbocycles. The molecular formula is C19H26N2O. The molecule has 0 amide bonds. The summed E-state index contributed by atoms with van der Waals surface area (Å²) in [6, 6.07) is 9.30. The minimum Gasteiger partial charge on any atom is -0.396 e. The van der Waals surface area contributed by atoms with Crippen LogP contribution in [-0.2, 0) is 6.54 Å². The molecule has 0 radical (unpaired) electrons. The van der Waals surface area contributed by atoms with Gasteiger partial charge in [0.05, 0.1) is 5.52 Å². The number of piperidine rings is 1. The lowest BCUT2D eigenvalue weighted by Crippen LogP contribution is -2.39. The van der Waals surface area contributed by atoms with E-state index in [-0.39, 0.29) is 0 Å². The van der Waals surface area contributed by atoms with Crippen molar-refractivity contribution < 1.29 is 5.11 Å². The Labute approximate surface area is 133 Å². The number of nitrogens with zero attached hydrogens (tertiary/aromatic N) is 2. The van der Waals surface area contributed by atoms with E-state index in [0.717, 1.165) is 24.9 Å². The minimum atomic E-state index is 0.307. The lowest BCUT2D eigenvalue weighted by Gasteiger charge is -2.36. The molecule has 1 aromatic heterocycles. The minimum absolute atomic E-state index is 0.307. The maximum absolute atomic E-state index is 9.12. The van der Waals surface area contributed by atoms with E-state index in [4.69, 9.17) is 5.11 Å². The normalized spacial score (nSPS) is 19.6. The van der Waals surface area contributed by atoms with Crippen molar-refractivity contribution in [2.45, 2.75) is 51.6 Å². The molecule has 1 aliphatic rings. The van der Waals surface area contributed by atoms with Crippen LogP contribution in [0.15, 0.2) is 30.5 Å². The third-order valence-electron chi connectivity index (χ3n) is 4.88. The van der Waals surface area contributed by atoms with Crippen molar-refractivity contribution in [1.82, 2.24) is 9.88 Å². The van der Waals surface area contributed by atoms with E-state index in [1.807, 2.05) is 12.3 Å². The first kappa shape index (κ1) is 15.4. The SMILES string of the molecule is Cc1ccc(CN2CCCC[C@@H]2CCCO)c2cccnc12. The van der Waals surface area contributed by atoms with E-state index >= 15 is 0 Å². The van der Waals surface area contributed by atoms with Crippen molar-refractivity contribution in [3.8, 4) is 0 Å². The van der Waals surface area contributed by atoms with Crippen LogP contribution in [0.4, 0.5) is 0 Å². The molecule has 118 valence electrons. The number of pyridine rings is 1. The lowest BCUT2D eigenvalue weighted by molar-refractivity contribution is 0.124. The maximum atomic E-state index is 9.12. The Morgan fingerprint density at radius 3 is 3.05 bits per heavy atom. The highest BCUT2D eigenvalue weighted by molar-refractivity contribution is 5.84. The Kier molecular flexibility index (Phi) is 5.06. The van der Waals surface area contributed by atoms with Crippen LogP contribution in [0.25, 0.3) is 10.9 Å². The molecule has 0 unspecified atom stereocenters. The fourth-order valence-electron chi connectivity index (χ4n) is 3.65. The monoisotopic (exact) mass is 298 g/mol. The summed E-state index contributed by atoms with van der Waals surface area (Å²) in [5, 5.41) is 10.4. The van der Waals surface area contributed by atoms with Crippen LogP contribution in [0.5, 0.6) is 0 Å². The molecule has 2 heterocycles. The Morgan fingerprint density at radius 1 is 1.27 bits per heavy atom. The van der Waals surface area contributed by atoms with Crippen molar-refractivity contribution in [1.29, 1.82) is 0 Å². The van der Waals surface area contributed by atoms with Crippen molar-refractivity contribution in [2.24, 2.45) is 0 Å². The summed E-state index contributed by atoms with van der Waals surface area (Å²) in [5.41, 5.74) is 3.75. The highest BCUT2D eigenvalue weighted by Gasteiger charge is 2.22. The topological polar surface area (TPSA) is 36.4 Å². The average molecular weight is 298 g/mol. The quantitative estimate of drug-likeness (QED) is 0.915. The molecule has 1 saturated heterocycles. The lowest BCUT2D eigenvalue weighted by atomic mass is 9.96. The number of likely N-dealkylation sites (tertiary alicyclic amines) is 1. The molecule has 3 heteroatoms. The molecule has 0 spiro atoms. The molecule has 22 heavy (non-hydrogen) atoms. The number of aromatic nitrogens is 1. The molecule has 0 saturated carbocycles. The van der Waals surface area contributed by atoms with Gasteiger partial charge >= 0.3 is 0 Å². The third kappa shape index (κ3) is 3.31. The van der Waals surface area contributed by atoms with Crippen LogP contribution in [-0.4, -0.2) is 34.2 Å². The van der Waals surface area contributed by atoms with E-state index in [1.165, 1.54) is 42.3 Å². The van der Waals surface area contributed by atoms with Gasteiger partial charge < -0.3 is 5.11 Å². The average Bonchev–Trinajstić information content (AvgIpc) is 2.57. The second kappa shape index (κ2) is 7.21. The van der Waals surface area contributed by atoms with E-state index in [2.05, 4.69) is 35.0 Å². The summed E-state index contributed by atoms with van der Waals surface area (Å²) in [6.45, 7) is 4.61. The molecule has 2 aromatic rings. The Morgan fingerprint density at radius 2 is 2.18 bits per heavy atom. The number of benzene rings is 1. The molecule has 1 N–H and O–H groups in total. The summed E-state index contributed by atoms with van der Waals surface area (Å²) >= 11 is 0. The standard InChI is InChI=1S/C19H26N2O/c1-15-9-10-16(18-8-4-11-20-19(15)18)14-21-12-3-2-6-17(21)7-5-13-22/h4,8-11,17,22H,2-3,5-7,12-14H2,1H3/t17-/m1/s1. The molecule has 1 atom stereocenters. The van der Waals surface area contributed by atoms with E-state index in [1.54, 1.807) is 0 Å². The predicted molar refractivity (Wildman–Crippen MR) is 90.8 cm³/mol. The van der Waals surface area contributed by atoms with Gasteiger partial charge in [0.15, 0.2) is 0 Å². The summed E-state index contributed by atoms with van der Waals surface area (Å²) in [6.07, 6.45) is 7.78.